The maximum Gasteiger partial charge on any atom is 0.259 e. The molecule has 0 saturated heterocycles. The van der Waals surface area contributed by atoms with Crippen molar-refractivity contribution in [2.45, 2.75) is 25.8 Å². The third-order valence-corrected chi connectivity index (χ3v) is 2.96. The van der Waals surface area contributed by atoms with E-state index in [-0.39, 0.29) is 29.5 Å². The van der Waals surface area contributed by atoms with Crippen molar-refractivity contribution in [2.75, 3.05) is 13.6 Å². The van der Waals surface area contributed by atoms with E-state index in [4.69, 9.17) is 0 Å². The fourth-order valence-corrected chi connectivity index (χ4v) is 1.73. The van der Waals surface area contributed by atoms with E-state index < -0.39 is 5.91 Å². The first-order chi connectivity index (χ1) is 8.97. The summed E-state index contributed by atoms with van der Waals surface area (Å²) in [5.74, 6) is -0.644. The number of carbonyl (C=O) groups is 2. The van der Waals surface area contributed by atoms with Crippen molar-refractivity contribution in [2.24, 2.45) is 0 Å². The number of rotatable bonds is 4. The number of pyridine rings is 1. The fourth-order valence-electron chi connectivity index (χ4n) is 1.73. The molecular formula is C13H17N3O3. The highest BCUT2D eigenvalue weighted by Gasteiger charge is 2.25. The average Bonchev–Trinajstić information content (AvgIpc) is 3.11. The quantitative estimate of drug-likeness (QED) is 0.804. The molecule has 2 rings (SSSR count). The minimum absolute atomic E-state index is 0.0390. The highest BCUT2D eigenvalue weighted by Crippen LogP contribution is 2.18. The van der Waals surface area contributed by atoms with Crippen molar-refractivity contribution in [1.82, 2.24) is 15.2 Å². The van der Waals surface area contributed by atoms with E-state index in [2.05, 4.69) is 10.3 Å². The summed E-state index contributed by atoms with van der Waals surface area (Å²) in [6.07, 6.45) is 3.39. The molecular weight excluding hydrogens is 246 g/mol. The molecule has 2 N–H and O–H groups in total. The molecule has 0 atom stereocenters. The summed E-state index contributed by atoms with van der Waals surface area (Å²) in [7, 11) is 1.51. The fraction of sp³-hybridized carbons (Fsp3) is 0.462. The lowest BCUT2D eigenvalue weighted by Gasteiger charge is -2.16. The monoisotopic (exact) mass is 263 g/mol. The second kappa shape index (κ2) is 5.26. The lowest BCUT2D eigenvalue weighted by Crippen LogP contribution is -2.40. The van der Waals surface area contributed by atoms with Crippen molar-refractivity contribution < 1.29 is 9.59 Å². The van der Waals surface area contributed by atoms with Crippen LogP contribution < -0.4 is 10.7 Å². The van der Waals surface area contributed by atoms with Gasteiger partial charge in [0.15, 0.2) is 5.43 Å². The SMILES string of the molecule is Cc1cc(=O)c(C(=O)N(C)CC(=O)NC2CC2)c[nH]1. The second-order valence-corrected chi connectivity index (χ2v) is 4.90. The number of likely N-dealkylation sites (N-methyl/N-ethyl adjacent to an activating group) is 1. The first-order valence-corrected chi connectivity index (χ1v) is 6.21. The van der Waals surface area contributed by atoms with Gasteiger partial charge in [-0.15, -0.1) is 0 Å². The Hall–Kier alpha value is -2.11. The Balaban J connectivity index is 2.01. The molecule has 1 heterocycles. The van der Waals surface area contributed by atoms with Gasteiger partial charge in [0.05, 0.1) is 6.54 Å². The first-order valence-electron chi connectivity index (χ1n) is 6.21. The van der Waals surface area contributed by atoms with Crippen molar-refractivity contribution in [3.8, 4) is 0 Å². The zero-order valence-electron chi connectivity index (χ0n) is 11.0. The van der Waals surface area contributed by atoms with Crippen LogP contribution in [0.3, 0.4) is 0 Å². The Morgan fingerprint density at radius 3 is 2.74 bits per heavy atom. The normalized spacial score (nSPS) is 14.0. The van der Waals surface area contributed by atoms with E-state index in [0.717, 1.165) is 12.8 Å². The van der Waals surface area contributed by atoms with Crippen LogP contribution in [0, 0.1) is 6.92 Å². The summed E-state index contributed by atoms with van der Waals surface area (Å²) in [5.41, 5.74) is 0.402. The molecule has 1 fully saturated rings. The summed E-state index contributed by atoms with van der Waals surface area (Å²) >= 11 is 0. The number of aryl methyl sites for hydroxylation is 1. The first kappa shape index (κ1) is 13.3. The molecule has 1 aromatic heterocycles. The summed E-state index contributed by atoms with van der Waals surface area (Å²) in [6, 6.07) is 1.63. The number of nitrogens with zero attached hydrogens (tertiary/aromatic N) is 1. The van der Waals surface area contributed by atoms with Crippen LogP contribution >= 0.6 is 0 Å². The van der Waals surface area contributed by atoms with Crippen LogP contribution in [-0.2, 0) is 4.79 Å². The average molecular weight is 263 g/mol. The minimum Gasteiger partial charge on any atom is -0.364 e. The van der Waals surface area contributed by atoms with Gasteiger partial charge in [-0.3, -0.25) is 14.4 Å². The van der Waals surface area contributed by atoms with E-state index in [1.165, 1.54) is 24.2 Å². The van der Waals surface area contributed by atoms with E-state index in [1.54, 1.807) is 6.92 Å². The van der Waals surface area contributed by atoms with Crippen LogP contribution in [0.1, 0.15) is 28.9 Å². The molecule has 0 bridgehead atoms. The van der Waals surface area contributed by atoms with Crippen LogP contribution in [0.5, 0.6) is 0 Å². The molecule has 0 aliphatic heterocycles. The van der Waals surface area contributed by atoms with Crippen molar-refractivity contribution in [3.63, 3.8) is 0 Å². The van der Waals surface area contributed by atoms with Crippen LogP contribution in [0.15, 0.2) is 17.1 Å². The molecule has 0 aromatic carbocycles. The zero-order valence-corrected chi connectivity index (χ0v) is 11.0. The maximum absolute atomic E-state index is 12.0. The second-order valence-electron chi connectivity index (χ2n) is 4.90. The number of nitrogens with one attached hydrogen (secondary N) is 2. The van der Waals surface area contributed by atoms with Crippen molar-refractivity contribution in [3.05, 3.63) is 33.7 Å². The van der Waals surface area contributed by atoms with Crippen LogP contribution in [0.25, 0.3) is 0 Å². The number of hydrogen-bond acceptors (Lipinski definition) is 3. The Labute approximate surface area is 110 Å². The van der Waals surface area contributed by atoms with Gasteiger partial charge in [-0.05, 0) is 19.8 Å². The van der Waals surface area contributed by atoms with Crippen molar-refractivity contribution in [1.29, 1.82) is 0 Å². The molecule has 0 unspecified atom stereocenters. The molecule has 1 aliphatic rings. The van der Waals surface area contributed by atoms with Gasteiger partial charge in [-0.2, -0.15) is 0 Å². The van der Waals surface area contributed by atoms with Gasteiger partial charge in [0, 0.05) is 31.0 Å². The molecule has 2 amide bonds. The van der Waals surface area contributed by atoms with Gasteiger partial charge in [0.2, 0.25) is 5.91 Å². The Morgan fingerprint density at radius 2 is 2.16 bits per heavy atom. The smallest absolute Gasteiger partial charge is 0.259 e. The van der Waals surface area contributed by atoms with Gasteiger partial charge in [0.25, 0.3) is 5.91 Å². The number of amides is 2. The molecule has 6 heteroatoms. The summed E-state index contributed by atoms with van der Waals surface area (Å²) in [4.78, 5) is 39.4. The standard InChI is InChI=1S/C13H17N3O3/c1-8-5-11(17)10(6-14-8)13(19)16(2)7-12(18)15-9-3-4-9/h5-6,9H,3-4,7H2,1-2H3,(H,14,17)(H,15,18). The molecule has 102 valence electrons. The Kier molecular flexibility index (Phi) is 3.69. The molecule has 1 aromatic rings. The molecule has 6 nitrogen and oxygen atoms in total. The van der Waals surface area contributed by atoms with Crippen molar-refractivity contribution >= 4 is 11.8 Å². The molecule has 0 radical (unpaired) electrons. The van der Waals surface area contributed by atoms with Crippen LogP contribution in [-0.4, -0.2) is 41.3 Å². The summed E-state index contributed by atoms with van der Waals surface area (Å²) in [6.45, 7) is 1.70. The van der Waals surface area contributed by atoms with Gasteiger partial charge >= 0.3 is 0 Å². The molecule has 1 aliphatic carbocycles. The van der Waals surface area contributed by atoms with Crippen LogP contribution in [0.2, 0.25) is 0 Å². The highest BCUT2D eigenvalue weighted by molar-refractivity contribution is 5.96. The summed E-state index contributed by atoms with van der Waals surface area (Å²) < 4.78 is 0. The van der Waals surface area contributed by atoms with E-state index >= 15 is 0 Å². The Morgan fingerprint density at radius 1 is 1.47 bits per heavy atom. The third-order valence-electron chi connectivity index (χ3n) is 2.96. The molecule has 0 spiro atoms. The van der Waals surface area contributed by atoms with Crippen LogP contribution in [0.4, 0.5) is 0 Å². The predicted octanol–water partition coefficient (Wildman–Crippen LogP) is 0.0339. The van der Waals surface area contributed by atoms with Gasteiger partial charge in [0.1, 0.15) is 5.56 Å². The van der Waals surface area contributed by atoms with Gasteiger partial charge in [-0.1, -0.05) is 0 Å². The Bertz CT molecular complexity index is 560. The highest BCUT2D eigenvalue weighted by atomic mass is 16.2. The van der Waals surface area contributed by atoms with Gasteiger partial charge in [-0.25, -0.2) is 0 Å². The lowest BCUT2D eigenvalue weighted by atomic mass is 10.2. The number of H-pyrrole nitrogens is 1. The predicted molar refractivity (Wildman–Crippen MR) is 69.9 cm³/mol. The van der Waals surface area contributed by atoms with E-state index in [9.17, 15) is 14.4 Å². The van der Waals surface area contributed by atoms with E-state index in [0.29, 0.717) is 5.69 Å². The number of carbonyl (C=O) groups excluding carboxylic acids is 2. The lowest BCUT2D eigenvalue weighted by molar-refractivity contribution is -0.121. The molecule has 19 heavy (non-hydrogen) atoms. The largest absolute Gasteiger partial charge is 0.364 e. The maximum atomic E-state index is 12.0. The topological polar surface area (TPSA) is 82.3 Å². The third kappa shape index (κ3) is 3.43. The number of hydrogen-bond donors (Lipinski definition) is 2. The summed E-state index contributed by atoms with van der Waals surface area (Å²) in [5, 5.41) is 2.80. The number of aromatic nitrogens is 1. The van der Waals surface area contributed by atoms with E-state index in [1.807, 2.05) is 0 Å². The zero-order chi connectivity index (χ0) is 14.0. The number of aromatic amines is 1. The van der Waals surface area contributed by atoms with Gasteiger partial charge < -0.3 is 15.2 Å². The minimum atomic E-state index is -0.452. The molecule has 1 saturated carbocycles.